The summed E-state index contributed by atoms with van der Waals surface area (Å²) in [7, 11) is 2.88. The molecule has 1 aliphatic carbocycles. The molecule has 178 valence electrons. The number of nitrogens with zero attached hydrogens (tertiary/aromatic N) is 6. The molecule has 2 N–H and O–H groups in total. The number of anilines is 1. The molecule has 5 rings (SSSR count). The molecule has 0 bridgehead atoms. The van der Waals surface area contributed by atoms with E-state index in [-0.39, 0.29) is 72.0 Å². The van der Waals surface area contributed by atoms with Gasteiger partial charge >= 0.3 is 0 Å². The van der Waals surface area contributed by atoms with Crippen LogP contribution in [0.2, 0.25) is 0 Å². The standard InChI is InChI=1S/C21H21F3N8O2/c1-25-17(33)14-8-27-20-26-7-11(9-31(14)20)15-13(22)10-32-16(15)18(34-2)29-19(30-32)28-12-3-5-21(23,24)6-4-12/h7-10,12H,3-6H2,1-2H3,(H,25,33)(H,28,30). The van der Waals surface area contributed by atoms with Crippen molar-refractivity contribution >= 4 is 23.1 Å². The van der Waals surface area contributed by atoms with Gasteiger partial charge in [0, 0.05) is 43.9 Å². The molecule has 13 heteroatoms. The molecule has 10 nitrogen and oxygen atoms in total. The average molecular weight is 474 g/mol. The lowest BCUT2D eigenvalue weighted by Crippen LogP contribution is -2.32. The first-order valence-electron chi connectivity index (χ1n) is 10.6. The van der Waals surface area contributed by atoms with Crippen LogP contribution in [0.1, 0.15) is 36.2 Å². The number of hydrogen-bond donors (Lipinski definition) is 2. The molecule has 4 aromatic rings. The first-order valence-corrected chi connectivity index (χ1v) is 10.6. The highest BCUT2D eigenvalue weighted by molar-refractivity contribution is 5.93. The third-order valence-electron chi connectivity index (χ3n) is 5.91. The van der Waals surface area contributed by atoms with Gasteiger partial charge in [-0.3, -0.25) is 9.20 Å². The molecule has 0 unspecified atom stereocenters. The molecule has 0 aliphatic heterocycles. The van der Waals surface area contributed by atoms with E-state index in [4.69, 9.17) is 4.74 Å². The molecular formula is C21H21F3N8O2. The summed E-state index contributed by atoms with van der Waals surface area (Å²) in [6, 6.07) is -0.224. The number of fused-ring (bicyclic) bond motifs is 2. The number of ether oxygens (including phenoxy) is 1. The number of amides is 1. The van der Waals surface area contributed by atoms with Gasteiger partial charge in [-0.1, -0.05) is 0 Å². The molecule has 34 heavy (non-hydrogen) atoms. The maximum atomic E-state index is 15.2. The third kappa shape index (κ3) is 3.76. The maximum absolute atomic E-state index is 15.2. The number of methoxy groups -OCH3 is 1. The van der Waals surface area contributed by atoms with Crippen LogP contribution in [0, 0.1) is 5.82 Å². The predicted octanol–water partition coefficient (Wildman–Crippen LogP) is 2.94. The Hall–Kier alpha value is -3.90. The van der Waals surface area contributed by atoms with Gasteiger partial charge in [0.25, 0.3) is 5.91 Å². The first kappa shape index (κ1) is 21.9. The van der Waals surface area contributed by atoms with E-state index in [1.165, 1.54) is 41.7 Å². The van der Waals surface area contributed by atoms with Crippen LogP contribution in [0.5, 0.6) is 5.88 Å². The van der Waals surface area contributed by atoms with Crippen molar-refractivity contribution < 1.29 is 22.7 Å². The minimum Gasteiger partial charge on any atom is -0.479 e. The van der Waals surface area contributed by atoms with E-state index in [0.29, 0.717) is 5.56 Å². The number of alkyl halides is 2. The molecule has 0 saturated heterocycles. The SMILES string of the molecule is CNC(=O)c1cnc2ncc(-c3c(F)cn4nc(NC5CCC(F)(F)CC5)nc(OC)c34)cn12. The fraction of sp³-hybridized carbons (Fsp3) is 0.381. The number of aromatic nitrogens is 6. The molecule has 1 aliphatic rings. The highest BCUT2D eigenvalue weighted by Gasteiger charge is 2.35. The zero-order chi connectivity index (χ0) is 24.0. The van der Waals surface area contributed by atoms with E-state index in [1.807, 2.05) is 0 Å². The molecule has 0 aromatic carbocycles. The van der Waals surface area contributed by atoms with Crippen LogP contribution < -0.4 is 15.4 Å². The lowest BCUT2D eigenvalue weighted by atomic mass is 9.92. The van der Waals surface area contributed by atoms with Crippen LogP contribution in [-0.2, 0) is 0 Å². The second-order valence-electron chi connectivity index (χ2n) is 8.10. The molecule has 0 atom stereocenters. The van der Waals surface area contributed by atoms with Gasteiger partial charge in [-0.2, -0.15) is 4.98 Å². The molecule has 1 amide bonds. The van der Waals surface area contributed by atoms with E-state index in [0.717, 1.165) is 0 Å². The van der Waals surface area contributed by atoms with Crippen LogP contribution in [0.3, 0.4) is 0 Å². The van der Waals surface area contributed by atoms with Crippen molar-refractivity contribution in [2.45, 2.75) is 37.6 Å². The number of rotatable bonds is 5. The summed E-state index contributed by atoms with van der Waals surface area (Å²) in [6.07, 6.45) is 5.64. The molecule has 0 radical (unpaired) electrons. The minimum atomic E-state index is -2.65. The van der Waals surface area contributed by atoms with Crippen LogP contribution in [-0.4, -0.2) is 61.0 Å². The van der Waals surface area contributed by atoms with Crippen molar-refractivity contribution in [3.8, 4) is 17.0 Å². The number of imidazole rings is 1. The number of carbonyl (C=O) groups is 1. The van der Waals surface area contributed by atoms with Gasteiger partial charge in [0.15, 0.2) is 5.82 Å². The maximum Gasteiger partial charge on any atom is 0.269 e. The fourth-order valence-corrected chi connectivity index (χ4v) is 4.17. The van der Waals surface area contributed by atoms with Crippen LogP contribution in [0.15, 0.2) is 24.8 Å². The molecule has 4 aromatic heterocycles. The Morgan fingerprint density at radius 3 is 2.65 bits per heavy atom. The number of nitrogens with one attached hydrogen (secondary N) is 2. The summed E-state index contributed by atoms with van der Waals surface area (Å²) >= 11 is 0. The van der Waals surface area contributed by atoms with Gasteiger partial charge in [0.05, 0.1) is 25.1 Å². The average Bonchev–Trinajstić information content (AvgIpc) is 3.39. The highest BCUT2D eigenvalue weighted by atomic mass is 19.3. The first-order chi connectivity index (χ1) is 16.3. The molecule has 0 spiro atoms. The summed E-state index contributed by atoms with van der Waals surface area (Å²) in [5.74, 6) is -3.11. The van der Waals surface area contributed by atoms with E-state index < -0.39 is 11.7 Å². The number of halogens is 3. The quantitative estimate of drug-likeness (QED) is 0.458. The third-order valence-corrected chi connectivity index (χ3v) is 5.91. The van der Waals surface area contributed by atoms with E-state index >= 15 is 4.39 Å². The summed E-state index contributed by atoms with van der Waals surface area (Å²) in [4.78, 5) is 24.8. The van der Waals surface area contributed by atoms with Crippen LogP contribution >= 0.6 is 0 Å². The Balaban J connectivity index is 1.55. The van der Waals surface area contributed by atoms with Gasteiger partial charge in [-0.15, -0.1) is 5.10 Å². The van der Waals surface area contributed by atoms with Gasteiger partial charge in [-0.25, -0.2) is 27.7 Å². The minimum absolute atomic E-state index is 0.0924. The van der Waals surface area contributed by atoms with E-state index in [2.05, 4.69) is 30.7 Å². The normalized spacial score (nSPS) is 16.1. The van der Waals surface area contributed by atoms with Crippen molar-refractivity contribution in [2.75, 3.05) is 19.5 Å². The zero-order valence-electron chi connectivity index (χ0n) is 18.3. The van der Waals surface area contributed by atoms with Gasteiger partial charge in [0.2, 0.25) is 23.5 Å². The Kier molecular flexibility index (Phi) is 5.25. The van der Waals surface area contributed by atoms with Crippen molar-refractivity contribution in [1.29, 1.82) is 0 Å². The van der Waals surface area contributed by atoms with Crippen molar-refractivity contribution in [2.24, 2.45) is 0 Å². The zero-order valence-corrected chi connectivity index (χ0v) is 18.3. The topological polar surface area (TPSA) is 111 Å². The monoisotopic (exact) mass is 474 g/mol. The second kappa shape index (κ2) is 8.15. The number of carbonyl (C=O) groups excluding carboxylic acids is 1. The van der Waals surface area contributed by atoms with E-state index in [9.17, 15) is 13.6 Å². The van der Waals surface area contributed by atoms with Crippen molar-refractivity contribution in [3.63, 3.8) is 0 Å². The summed E-state index contributed by atoms with van der Waals surface area (Å²) < 4.78 is 50.2. The lowest BCUT2D eigenvalue weighted by Gasteiger charge is -2.28. The smallest absolute Gasteiger partial charge is 0.269 e. The van der Waals surface area contributed by atoms with E-state index in [1.54, 1.807) is 6.20 Å². The molecular weight excluding hydrogens is 453 g/mol. The van der Waals surface area contributed by atoms with Crippen LogP contribution in [0.4, 0.5) is 19.1 Å². The summed E-state index contributed by atoms with van der Waals surface area (Å²) in [5, 5.41) is 9.89. The fourth-order valence-electron chi connectivity index (χ4n) is 4.17. The van der Waals surface area contributed by atoms with Crippen molar-refractivity contribution in [1.82, 2.24) is 34.3 Å². The van der Waals surface area contributed by atoms with Gasteiger partial charge in [-0.05, 0) is 12.8 Å². The lowest BCUT2D eigenvalue weighted by molar-refractivity contribution is -0.0361. The van der Waals surface area contributed by atoms with Crippen LogP contribution in [0.25, 0.3) is 22.4 Å². The second-order valence-corrected chi connectivity index (χ2v) is 8.10. The Labute approximate surface area is 191 Å². The predicted molar refractivity (Wildman–Crippen MR) is 116 cm³/mol. The largest absolute Gasteiger partial charge is 0.479 e. The van der Waals surface area contributed by atoms with Gasteiger partial charge < -0.3 is 15.4 Å². The Morgan fingerprint density at radius 1 is 1.21 bits per heavy atom. The Morgan fingerprint density at radius 2 is 1.94 bits per heavy atom. The number of hydrogen-bond acceptors (Lipinski definition) is 7. The highest BCUT2D eigenvalue weighted by Crippen LogP contribution is 2.36. The summed E-state index contributed by atoms with van der Waals surface area (Å²) in [6.45, 7) is 0. The van der Waals surface area contributed by atoms with Gasteiger partial charge in [0.1, 0.15) is 11.2 Å². The Bertz CT molecular complexity index is 1390. The summed E-state index contributed by atoms with van der Waals surface area (Å²) in [5.41, 5.74) is 0.978. The molecule has 1 fully saturated rings. The van der Waals surface area contributed by atoms with Crippen molar-refractivity contribution in [3.05, 3.63) is 36.3 Å². The molecule has 4 heterocycles. The molecule has 1 saturated carbocycles.